The first-order valence-corrected chi connectivity index (χ1v) is 10.6. The Labute approximate surface area is 149 Å². The number of hydrogen-bond donors (Lipinski definition) is 1. The fraction of sp³-hybridized carbons (Fsp3) is 0.294. The normalized spacial score (nSPS) is 13.8. The van der Waals surface area contributed by atoms with Gasteiger partial charge in [-0.2, -0.15) is 0 Å². The second kappa shape index (κ2) is 7.25. The molecule has 2 aromatic rings. The van der Waals surface area contributed by atoms with Crippen LogP contribution in [0.25, 0.3) is 0 Å². The fourth-order valence-corrected chi connectivity index (χ4v) is 6.36. The van der Waals surface area contributed by atoms with Crippen molar-refractivity contribution in [2.75, 3.05) is 6.54 Å². The summed E-state index contributed by atoms with van der Waals surface area (Å²) in [7, 11) is -8.56. The van der Waals surface area contributed by atoms with Crippen LogP contribution in [0.5, 0.6) is 0 Å². The van der Waals surface area contributed by atoms with E-state index in [1.54, 1.807) is 24.3 Å². The van der Waals surface area contributed by atoms with Crippen LogP contribution in [0.2, 0.25) is 0 Å². The number of benzene rings is 2. The van der Waals surface area contributed by atoms with Crippen molar-refractivity contribution < 1.29 is 16.8 Å². The fourth-order valence-electron chi connectivity index (χ4n) is 2.32. The van der Waals surface area contributed by atoms with Gasteiger partial charge in [0.25, 0.3) is 20.0 Å². The van der Waals surface area contributed by atoms with Crippen LogP contribution in [0, 0.1) is 13.8 Å². The first-order chi connectivity index (χ1) is 11.6. The highest BCUT2D eigenvalue weighted by Gasteiger charge is 2.39. The van der Waals surface area contributed by atoms with Crippen molar-refractivity contribution in [3.63, 3.8) is 0 Å². The van der Waals surface area contributed by atoms with E-state index in [4.69, 9.17) is 5.73 Å². The van der Waals surface area contributed by atoms with E-state index in [0.717, 1.165) is 11.1 Å². The van der Waals surface area contributed by atoms with E-state index in [0.29, 0.717) is 3.71 Å². The molecule has 1 atom stereocenters. The molecule has 0 heterocycles. The molecule has 0 aromatic heterocycles. The first-order valence-electron chi connectivity index (χ1n) is 7.73. The molecule has 2 rings (SSSR count). The third-order valence-corrected chi connectivity index (χ3v) is 8.39. The second-order valence-corrected chi connectivity index (χ2v) is 9.81. The zero-order valence-electron chi connectivity index (χ0n) is 14.4. The van der Waals surface area contributed by atoms with Crippen molar-refractivity contribution >= 4 is 20.0 Å². The molecule has 0 radical (unpaired) electrons. The Morgan fingerprint density at radius 1 is 0.800 bits per heavy atom. The molecule has 25 heavy (non-hydrogen) atoms. The van der Waals surface area contributed by atoms with Gasteiger partial charge in [-0.05, 0) is 45.0 Å². The van der Waals surface area contributed by atoms with Gasteiger partial charge in [0.15, 0.2) is 0 Å². The Bertz CT molecular complexity index is 860. The van der Waals surface area contributed by atoms with Gasteiger partial charge in [-0.3, -0.25) is 0 Å². The summed E-state index contributed by atoms with van der Waals surface area (Å²) in [5, 5.41) is 0. The lowest BCUT2D eigenvalue weighted by molar-refractivity contribution is 0.443. The summed E-state index contributed by atoms with van der Waals surface area (Å²) in [6.07, 6.45) is 0. The monoisotopic (exact) mass is 382 g/mol. The summed E-state index contributed by atoms with van der Waals surface area (Å²) < 4.78 is 52.6. The Morgan fingerprint density at radius 2 is 1.12 bits per heavy atom. The average Bonchev–Trinajstić information content (AvgIpc) is 2.55. The highest BCUT2D eigenvalue weighted by Crippen LogP contribution is 2.27. The molecule has 6 nitrogen and oxygen atoms in total. The third-order valence-electron chi connectivity index (χ3n) is 3.81. The van der Waals surface area contributed by atoms with Crippen molar-refractivity contribution in [2.45, 2.75) is 36.6 Å². The van der Waals surface area contributed by atoms with Crippen LogP contribution in [-0.4, -0.2) is 33.1 Å². The summed E-state index contributed by atoms with van der Waals surface area (Å²) in [6.45, 7) is 4.98. The number of nitrogens with two attached hydrogens (primary N) is 1. The molecular formula is C17H22N2O4S2. The minimum absolute atomic E-state index is 0.0888. The number of sulfonamides is 2. The van der Waals surface area contributed by atoms with E-state index in [9.17, 15) is 16.8 Å². The molecule has 0 aliphatic heterocycles. The van der Waals surface area contributed by atoms with Crippen LogP contribution >= 0.6 is 0 Å². The lowest BCUT2D eigenvalue weighted by Gasteiger charge is -2.27. The third kappa shape index (κ3) is 3.92. The molecule has 2 aromatic carbocycles. The van der Waals surface area contributed by atoms with E-state index in [1.165, 1.54) is 31.2 Å². The van der Waals surface area contributed by atoms with Crippen LogP contribution in [-0.2, 0) is 20.0 Å². The summed E-state index contributed by atoms with van der Waals surface area (Å²) in [4.78, 5) is -0.178. The van der Waals surface area contributed by atoms with Gasteiger partial charge in [-0.15, -0.1) is 0 Å². The highest BCUT2D eigenvalue weighted by molar-refractivity contribution is 8.04. The number of hydrogen-bond acceptors (Lipinski definition) is 5. The highest BCUT2D eigenvalue weighted by atomic mass is 32.3. The smallest absolute Gasteiger partial charge is 0.256 e. The Morgan fingerprint density at radius 3 is 1.40 bits per heavy atom. The predicted molar refractivity (Wildman–Crippen MR) is 97.1 cm³/mol. The Hall–Kier alpha value is -1.74. The largest absolute Gasteiger partial charge is 0.329 e. The van der Waals surface area contributed by atoms with Crippen LogP contribution in [0.15, 0.2) is 58.3 Å². The van der Waals surface area contributed by atoms with E-state index in [1.807, 2.05) is 13.8 Å². The van der Waals surface area contributed by atoms with Gasteiger partial charge in [0.05, 0.1) is 15.8 Å². The molecule has 2 N–H and O–H groups in total. The molecule has 0 aliphatic rings. The molecule has 0 aliphatic carbocycles. The Kier molecular flexibility index (Phi) is 5.68. The summed E-state index contributed by atoms with van der Waals surface area (Å²) >= 11 is 0. The van der Waals surface area contributed by atoms with Gasteiger partial charge in [-0.1, -0.05) is 39.1 Å². The quantitative estimate of drug-likeness (QED) is 0.824. The molecular weight excluding hydrogens is 360 g/mol. The first kappa shape index (κ1) is 19.6. The van der Waals surface area contributed by atoms with Crippen LogP contribution in [0.1, 0.15) is 18.1 Å². The van der Waals surface area contributed by atoms with Crippen LogP contribution < -0.4 is 5.73 Å². The van der Waals surface area contributed by atoms with E-state index in [2.05, 4.69) is 0 Å². The van der Waals surface area contributed by atoms with Crippen molar-refractivity contribution in [1.82, 2.24) is 3.71 Å². The van der Waals surface area contributed by atoms with Gasteiger partial charge in [0.1, 0.15) is 0 Å². The SMILES string of the molecule is Cc1ccc(S(=O)(=O)N([C@H](C)CN)S(=O)(=O)c2ccc(C)cc2)cc1. The zero-order valence-corrected chi connectivity index (χ0v) is 16.0. The molecule has 0 unspecified atom stereocenters. The number of nitrogens with zero attached hydrogens (tertiary/aromatic N) is 1. The number of aryl methyl sites for hydroxylation is 2. The summed E-state index contributed by atoms with van der Waals surface area (Å²) in [5.74, 6) is 0. The molecule has 0 saturated heterocycles. The Balaban J connectivity index is 2.63. The van der Waals surface area contributed by atoms with Crippen LogP contribution in [0.4, 0.5) is 0 Å². The molecule has 0 fully saturated rings. The lowest BCUT2D eigenvalue weighted by atomic mass is 10.2. The molecule has 0 spiro atoms. The molecule has 8 heteroatoms. The standard InChI is InChI=1S/C17H22N2O4S2/c1-13-4-8-16(9-5-13)24(20,21)19(15(3)12-18)25(22,23)17-10-6-14(2)7-11-17/h4-11,15H,12,18H2,1-3H3/t15-/m1/s1. The average molecular weight is 383 g/mol. The molecule has 136 valence electrons. The zero-order chi connectivity index (χ0) is 18.8. The predicted octanol–water partition coefficient (Wildman–Crippen LogP) is 2.03. The minimum Gasteiger partial charge on any atom is -0.329 e. The molecule has 0 saturated carbocycles. The van der Waals surface area contributed by atoms with Gasteiger partial charge in [0.2, 0.25) is 0 Å². The van der Waals surface area contributed by atoms with E-state index < -0.39 is 26.1 Å². The number of rotatable bonds is 6. The maximum atomic E-state index is 13.0. The minimum atomic E-state index is -4.28. The summed E-state index contributed by atoms with van der Waals surface area (Å²) in [6, 6.07) is 11.1. The van der Waals surface area contributed by atoms with Gasteiger partial charge >= 0.3 is 0 Å². The van der Waals surface area contributed by atoms with Crippen molar-refractivity contribution in [2.24, 2.45) is 5.73 Å². The van der Waals surface area contributed by atoms with Gasteiger partial charge < -0.3 is 5.73 Å². The van der Waals surface area contributed by atoms with Gasteiger partial charge in [0, 0.05) is 6.54 Å². The van der Waals surface area contributed by atoms with Crippen molar-refractivity contribution in [1.29, 1.82) is 0 Å². The van der Waals surface area contributed by atoms with E-state index >= 15 is 0 Å². The van der Waals surface area contributed by atoms with E-state index in [-0.39, 0.29) is 16.3 Å². The lowest BCUT2D eigenvalue weighted by Crippen LogP contribution is -2.46. The summed E-state index contributed by atoms with van der Waals surface area (Å²) in [5.41, 5.74) is 7.35. The molecule has 0 bridgehead atoms. The van der Waals surface area contributed by atoms with Crippen molar-refractivity contribution in [3.05, 3.63) is 59.7 Å². The molecule has 0 amide bonds. The maximum absolute atomic E-state index is 13.0. The second-order valence-electron chi connectivity index (χ2n) is 5.95. The maximum Gasteiger partial charge on any atom is 0.256 e. The van der Waals surface area contributed by atoms with Crippen LogP contribution in [0.3, 0.4) is 0 Å². The topological polar surface area (TPSA) is 97.5 Å². The van der Waals surface area contributed by atoms with Gasteiger partial charge in [-0.25, -0.2) is 16.8 Å². The van der Waals surface area contributed by atoms with Crippen molar-refractivity contribution in [3.8, 4) is 0 Å².